The number of carbonyl (C=O) groups excluding carboxylic acids is 1. The van der Waals surface area contributed by atoms with E-state index in [1.54, 1.807) is 12.1 Å². The van der Waals surface area contributed by atoms with Gasteiger partial charge in [-0.25, -0.2) is 0 Å². The lowest BCUT2D eigenvalue weighted by Gasteiger charge is -2.42. The lowest BCUT2D eigenvalue weighted by Crippen LogP contribution is -2.52. The summed E-state index contributed by atoms with van der Waals surface area (Å²) in [6.07, 6.45) is 11.9. The number of carbonyl (C=O) groups is 1. The summed E-state index contributed by atoms with van der Waals surface area (Å²) in [7, 11) is 0. The number of nitro benzene ring substituents is 1. The van der Waals surface area contributed by atoms with Gasteiger partial charge in [0.05, 0.1) is 17.6 Å². The topological polar surface area (TPSA) is 90.2 Å². The summed E-state index contributed by atoms with van der Waals surface area (Å²) in [6, 6.07) is 6.80. The molecule has 1 aromatic carbocycles. The van der Waals surface area contributed by atoms with Crippen molar-refractivity contribution in [1.29, 1.82) is 0 Å². The number of benzene rings is 1. The molecule has 8 heteroatoms. The summed E-state index contributed by atoms with van der Waals surface area (Å²) >= 11 is 0. The predicted octanol–water partition coefficient (Wildman–Crippen LogP) is 5.16. The highest BCUT2D eigenvalue weighted by atomic mass is 16.6. The number of hydrogen-bond acceptors (Lipinski definition) is 6. The molecule has 1 aromatic rings. The standard InChI is InChI=1S/C29H48N4O4/c1-3-30(4-2)20-11-21-31(22-28(34)24-16-18-27(19-17-24)33(36)37)23-29(35)32(25-12-7-5-8-13-25)26-14-9-6-10-15-26/h16-19,25-26,28,34H,3-15,20-23H2,1-2H3. The number of hydrogen-bond donors (Lipinski definition) is 1. The summed E-state index contributed by atoms with van der Waals surface area (Å²) in [5.41, 5.74) is 0.654. The van der Waals surface area contributed by atoms with E-state index in [0.717, 1.165) is 58.3 Å². The number of amides is 1. The third-order valence-electron chi connectivity index (χ3n) is 8.35. The Morgan fingerprint density at radius 2 is 1.43 bits per heavy atom. The lowest BCUT2D eigenvalue weighted by molar-refractivity contribution is -0.384. The third kappa shape index (κ3) is 9.04. The highest BCUT2D eigenvalue weighted by Gasteiger charge is 2.33. The second-order valence-corrected chi connectivity index (χ2v) is 10.9. The minimum Gasteiger partial charge on any atom is -0.387 e. The van der Waals surface area contributed by atoms with Crippen LogP contribution in [0, 0.1) is 10.1 Å². The van der Waals surface area contributed by atoms with Gasteiger partial charge in [-0.15, -0.1) is 0 Å². The molecule has 2 aliphatic carbocycles. The molecule has 0 aliphatic heterocycles. The van der Waals surface area contributed by atoms with Crippen molar-refractivity contribution >= 4 is 11.6 Å². The quantitative estimate of drug-likeness (QED) is 0.271. The smallest absolute Gasteiger partial charge is 0.269 e. The molecular formula is C29H48N4O4. The maximum absolute atomic E-state index is 13.9. The highest BCUT2D eigenvalue weighted by molar-refractivity contribution is 5.79. The number of rotatable bonds is 14. The normalized spacial score (nSPS) is 18.3. The Morgan fingerprint density at radius 1 is 0.919 bits per heavy atom. The van der Waals surface area contributed by atoms with E-state index in [1.807, 2.05) is 0 Å². The van der Waals surface area contributed by atoms with E-state index >= 15 is 0 Å². The predicted molar refractivity (Wildman–Crippen MR) is 147 cm³/mol. The monoisotopic (exact) mass is 516 g/mol. The minimum absolute atomic E-state index is 0.0119. The van der Waals surface area contributed by atoms with Crippen LogP contribution in [0.4, 0.5) is 5.69 Å². The first-order valence-corrected chi connectivity index (χ1v) is 14.6. The fraction of sp³-hybridized carbons (Fsp3) is 0.759. The van der Waals surface area contributed by atoms with Crippen LogP contribution in [-0.2, 0) is 4.79 Å². The Bertz CT molecular complexity index is 800. The number of nitro groups is 1. The molecular weight excluding hydrogens is 468 g/mol. The molecule has 208 valence electrons. The Morgan fingerprint density at radius 3 is 1.92 bits per heavy atom. The largest absolute Gasteiger partial charge is 0.387 e. The van der Waals surface area contributed by atoms with Gasteiger partial charge in [0, 0.05) is 37.3 Å². The van der Waals surface area contributed by atoms with E-state index in [2.05, 4.69) is 28.5 Å². The molecule has 0 spiro atoms. The lowest BCUT2D eigenvalue weighted by atomic mass is 9.88. The molecule has 8 nitrogen and oxygen atoms in total. The van der Waals surface area contributed by atoms with Gasteiger partial charge in [-0.1, -0.05) is 52.4 Å². The van der Waals surface area contributed by atoms with E-state index in [4.69, 9.17) is 0 Å². The Labute approximate surface area is 223 Å². The van der Waals surface area contributed by atoms with Gasteiger partial charge in [-0.3, -0.25) is 19.8 Å². The molecule has 0 heterocycles. The van der Waals surface area contributed by atoms with Gasteiger partial charge in [-0.2, -0.15) is 0 Å². The van der Waals surface area contributed by atoms with Crippen molar-refractivity contribution in [1.82, 2.24) is 14.7 Å². The number of aliphatic hydroxyl groups excluding tert-OH is 1. The van der Waals surface area contributed by atoms with Crippen LogP contribution in [0.1, 0.15) is 96.1 Å². The van der Waals surface area contributed by atoms with Crippen LogP contribution < -0.4 is 0 Å². The van der Waals surface area contributed by atoms with Crippen LogP contribution in [0.15, 0.2) is 24.3 Å². The van der Waals surface area contributed by atoms with Crippen LogP contribution in [0.5, 0.6) is 0 Å². The Hall–Kier alpha value is -2.03. The van der Waals surface area contributed by atoms with Crippen LogP contribution in [0.2, 0.25) is 0 Å². The summed E-state index contributed by atoms with van der Waals surface area (Å²) in [5.74, 6) is 0.206. The minimum atomic E-state index is -0.806. The zero-order valence-corrected chi connectivity index (χ0v) is 23.0. The van der Waals surface area contributed by atoms with Gasteiger partial charge in [0.25, 0.3) is 5.69 Å². The summed E-state index contributed by atoms with van der Waals surface area (Å²) in [4.78, 5) is 31.2. The van der Waals surface area contributed by atoms with Crippen molar-refractivity contribution in [2.45, 2.75) is 103 Å². The maximum Gasteiger partial charge on any atom is 0.269 e. The van der Waals surface area contributed by atoms with Crippen LogP contribution in [0.25, 0.3) is 0 Å². The van der Waals surface area contributed by atoms with Crippen LogP contribution >= 0.6 is 0 Å². The molecule has 0 bridgehead atoms. The SMILES string of the molecule is CCN(CC)CCCN(CC(=O)N(C1CCCCC1)C1CCCCC1)CC(O)c1ccc([N+](=O)[O-])cc1. The van der Waals surface area contributed by atoms with E-state index in [-0.39, 0.29) is 11.6 Å². The second kappa shape index (κ2) is 15.4. The molecule has 1 N–H and O–H groups in total. The van der Waals surface area contributed by atoms with Crippen molar-refractivity contribution in [3.05, 3.63) is 39.9 Å². The van der Waals surface area contributed by atoms with E-state index in [9.17, 15) is 20.0 Å². The second-order valence-electron chi connectivity index (χ2n) is 10.9. The summed E-state index contributed by atoms with van der Waals surface area (Å²) in [6.45, 7) is 8.66. The van der Waals surface area contributed by atoms with Crippen molar-refractivity contribution in [2.75, 3.05) is 39.3 Å². The molecule has 0 saturated heterocycles. The van der Waals surface area contributed by atoms with Crippen LogP contribution in [-0.4, -0.2) is 82.0 Å². The first kappa shape index (κ1) is 29.5. The third-order valence-corrected chi connectivity index (χ3v) is 8.35. The maximum atomic E-state index is 13.9. The number of nitrogens with zero attached hydrogens (tertiary/aromatic N) is 4. The Balaban J connectivity index is 1.72. The molecule has 2 aliphatic rings. The Kier molecular flexibility index (Phi) is 12.3. The van der Waals surface area contributed by atoms with Gasteiger partial charge in [0.2, 0.25) is 5.91 Å². The molecule has 1 atom stereocenters. The fourth-order valence-corrected chi connectivity index (χ4v) is 6.16. The molecule has 37 heavy (non-hydrogen) atoms. The van der Waals surface area contributed by atoms with Gasteiger partial charge in [-0.05, 0) is 69.4 Å². The zero-order valence-electron chi connectivity index (χ0n) is 23.0. The average molecular weight is 517 g/mol. The average Bonchev–Trinajstić information content (AvgIpc) is 2.92. The molecule has 1 amide bonds. The van der Waals surface area contributed by atoms with Crippen molar-refractivity contribution < 1.29 is 14.8 Å². The first-order chi connectivity index (χ1) is 17.9. The highest BCUT2D eigenvalue weighted by Crippen LogP contribution is 2.30. The van der Waals surface area contributed by atoms with Crippen LogP contribution in [0.3, 0.4) is 0 Å². The zero-order chi connectivity index (χ0) is 26.6. The fourth-order valence-electron chi connectivity index (χ4n) is 6.16. The number of non-ortho nitro benzene ring substituents is 1. The van der Waals surface area contributed by atoms with E-state index in [1.165, 1.54) is 50.7 Å². The number of aliphatic hydroxyl groups is 1. The summed E-state index contributed by atoms with van der Waals surface area (Å²) < 4.78 is 0. The van der Waals surface area contributed by atoms with Crippen molar-refractivity contribution in [3.8, 4) is 0 Å². The molecule has 1 unspecified atom stereocenters. The molecule has 2 saturated carbocycles. The molecule has 3 rings (SSSR count). The molecule has 2 fully saturated rings. The summed E-state index contributed by atoms with van der Waals surface area (Å²) in [5, 5.41) is 22.0. The van der Waals surface area contributed by atoms with Gasteiger partial charge in [0.1, 0.15) is 0 Å². The van der Waals surface area contributed by atoms with E-state index < -0.39 is 11.0 Å². The van der Waals surface area contributed by atoms with Gasteiger partial charge in [0.15, 0.2) is 0 Å². The molecule has 0 aromatic heterocycles. The van der Waals surface area contributed by atoms with Crippen molar-refractivity contribution in [3.63, 3.8) is 0 Å². The molecule has 0 radical (unpaired) electrons. The first-order valence-electron chi connectivity index (χ1n) is 14.6. The van der Waals surface area contributed by atoms with Gasteiger partial charge < -0.3 is 14.9 Å². The van der Waals surface area contributed by atoms with Gasteiger partial charge >= 0.3 is 0 Å². The van der Waals surface area contributed by atoms with E-state index in [0.29, 0.717) is 30.7 Å². The van der Waals surface area contributed by atoms with Crippen molar-refractivity contribution in [2.24, 2.45) is 0 Å².